The van der Waals surface area contributed by atoms with Gasteiger partial charge in [0.25, 0.3) is 0 Å². The first-order valence-corrected chi connectivity index (χ1v) is 5.80. The van der Waals surface area contributed by atoms with Crippen LogP contribution in [0.5, 0.6) is 0 Å². The summed E-state index contributed by atoms with van der Waals surface area (Å²) >= 11 is 0. The molecule has 0 aromatic rings. The normalized spacial score (nSPS) is 26.9. The lowest BCUT2D eigenvalue weighted by atomic mass is 10.0. The molecular weight excluding hydrogens is 192 g/mol. The van der Waals surface area contributed by atoms with Gasteiger partial charge in [0, 0.05) is 12.6 Å². The molecule has 0 aliphatic carbocycles. The summed E-state index contributed by atoms with van der Waals surface area (Å²) in [6, 6.07) is 0.164. The van der Waals surface area contributed by atoms with E-state index < -0.39 is 0 Å². The lowest BCUT2D eigenvalue weighted by Crippen LogP contribution is -2.42. The molecule has 0 aromatic carbocycles. The molecule has 2 unspecified atom stereocenters. The molecule has 0 bridgehead atoms. The highest BCUT2D eigenvalue weighted by Gasteiger charge is 2.31. The zero-order valence-corrected chi connectivity index (χ0v) is 9.70. The minimum absolute atomic E-state index is 0.0735. The second-order valence-corrected chi connectivity index (χ2v) is 4.34. The van der Waals surface area contributed by atoms with E-state index >= 15 is 0 Å². The first-order chi connectivity index (χ1) is 7.19. The molecule has 15 heavy (non-hydrogen) atoms. The van der Waals surface area contributed by atoms with Gasteiger partial charge in [0.15, 0.2) is 0 Å². The second-order valence-electron chi connectivity index (χ2n) is 4.34. The fraction of sp³-hybridized carbons (Fsp3) is 0.909. The highest BCUT2D eigenvalue weighted by Crippen LogP contribution is 2.22. The molecule has 1 heterocycles. The smallest absolute Gasteiger partial charge is 0.234 e. The second kappa shape index (κ2) is 6.08. The summed E-state index contributed by atoms with van der Waals surface area (Å²) in [5, 5.41) is 12.1. The van der Waals surface area contributed by atoms with Crippen molar-refractivity contribution in [2.24, 2.45) is 5.92 Å². The van der Waals surface area contributed by atoms with Crippen molar-refractivity contribution >= 4 is 5.91 Å². The number of aliphatic hydroxyl groups excluding tert-OH is 1. The van der Waals surface area contributed by atoms with E-state index in [1.807, 2.05) is 6.92 Å². The van der Waals surface area contributed by atoms with Crippen LogP contribution in [0.1, 0.15) is 26.7 Å². The number of rotatable bonds is 5. The van der Waals surface area contributed by atoms with E-state index in [4.69, 9.17) is 0 Å². The van der Waals surface area contributed by atoms with Crippen molar-refractivity contribution in [2.75, 3.05) is 26.2 Å². The minimum atomic E-state index is 0.0735. The van der Waals surface area contributed by atoms with Gasteiger partial charge in [0.2, 0.25) is 5.91 Å². The summed E-state index contributed by atoms with van der Waals surface area (Å²) in [6.45, 7) is 6.41. The first kappa shape index (κ1) is 12.5. The van der Waals surface area contributed by atoms with Crippen molar-refractivity contribution in [1.29, 1.82) is 0 Å². The fourth-order valence-electron chi connectivity index (χ4n) is 2.08. The number of amides is 1. The summed E-state index contributed by atoms with van der Waals surface area (Å²) in [5.41, 5.74) is 0. The number of nitrogens with zero attached hydrogens (tertiary/aromatic N) is 1. The van der Waals surface area contributed by atoms with Crippen molar-refractivity contribution in [3.05, 3.63) is 0 Å². The zero-order chi connectivity index (χ0) is 11.3. The number of aliphatic hydroxyl groups is 1. The Kier molecular flexibility index (Phi) is 5.05. The number of carbonyl (C=O) groups excluding carboxylic acids is 1. The summed E-state index contributed by atoms with van der Waals surface area (Å²) in [6.07, 6.45) is 2.04. The van der Waals surface area contributed by atoms with Crippen molar-refractivity contribution in [3.8, 4) is 0 Å². The molecule has 2 atom stereocenters. The van der Waals surface area contributed by atoms with Crippen molar-refractivity contribution in [1.82, 2.24) is 10.2 Å². The van der Waals surface area contributed by atoms with E-state index in [2.05, 4.69) is 17.1 Å². The number of hydrogen-bond acceptors (Lipinski definition) is 3. The molecule has 1 amide bonds. The fourth-order valence-corrected chi connectivity index (χ4v) is 2.08. The van der Waals surface area contributed by atoms with Crippen LogP contribution >= 0.6 is 0 Å². The van der Waals surface area contributed by atoms with E-state index in [9.17, 15) is 9.90 Å². The molecule has 0 saturated carbocycles. The van der Waals surface area contributed by atoms with Gasteiger partial charge in [-0.15, -0.1) is 0 Å². The molecule has 88 valence electrons. The molecule has 0 radical (unpaired) electrons. The molecule has 4 nitrogen and oxygen atoms in total. The van der Waals surface area contributed by atoms with Crippen molar-refractivity contribution in [2.45, 2.75) is 32.7 Å². The van der Waals surface area contributed by atoms with Gasteiger partial charge in [-0.2, -0.15) is 0 Å². The molecule has 0 aromatic heterocycles. The molecule has 4 heteroatoms. The van der Waals surface area contributed by atoms with Gasteiger partial charge in [0.1, 0.15) is 0 Å². The van der Waals surface area contributed by atoms with Crippen LogP contribution < -0.4 is 5.32 Å². The Balaban J connectivity index is 2.34. The van der Waals surface area contributed by atoms with E-state index in [0.717, 1.165) is 25.9 Å². The topological polar surface area (TPSA) is 52.6 Å². The standard InChI is InChI=1S/C11H22N2O2/c1-3-5-12-11(15)7-13-6-4-9(2)10(13)8-14/h9-10,14H,3-8H2,1-2H3,(H,12,15). The SMILES string of the molecule is CCCNC(=O)CN1CCC(C)C1CO. The van der Waals surface area contributed by atoms with Crippen LogP contribution in [0.3, 0.4) is 0 Å². The zero-order valence-electron chi connectivity index (χ0n) is 9.70. The van der Waals surface area contributed by atoms with Gasteiger partial charge in [0.05, 0.1) is 13.2 Å². The first-order valence-electron chi connectivity index (χ1n) is 5.80. The average Bonchev–Trinajstić information content (AvgIpc) is 2.56. The highest BCUT2D eigenvalue weighted by molar-refractivity contribution is 5.78. The Hall–Kier alpha value is -0.610. The maximum atomic E-state index is 11.5. The van der Waals surface area contributed by atoms with Gasteiger partial charge in [-0.25, -0.2) is 0 Å². The molecule has 1 aliphatic heterocycles. The van der Waals surface area contributed by atoms with Crippen molar-refractivity contribution < 1.29 is 9.90 Å². The predicted octanol–water partition coefficient (Wildman–Crippen LogP) is 0.215. The lowest BCUT2D eigenvalue weighted by molar-refractivity contribution is -0.122. The van der Waals surface area contributed by atoms with Gasteiger partial charge in [-0.05, 0) is 25.3 Å². The Morgan fingerprint density at radius 3 is 2.93 bits per heavy atom. The Morgan fingerprint density at radius 1 is 1.60 bits per heavy atom. The summed E-state index contributed by atoms with van der Waals surface area (Å²) < 4.78 is 0. The number of nitrogens with one attached hydrogen (secondary N) is 1. The van der Waals surface area contributed by atoms with Gasteiger partial charge < -0.3 is 10.4 Å². The van der Waals surface area contributed by atoms with E-state index in [0.29, 0.717) is 12.5 Å². The summed E-state index contributed by atoms with van der Waals surface area (Å²) in [7, 11) is 0. The highest BCUT2D eigenvalue weighted by atomic mass is 16.3. The number of carbonyl (C=O) groups is 1. The third kappa shape index (κ3) is 3.47. The largest absolute Gasteiger partial charge is 0.395 e. The molecule has 1 fully saturated rings. The Bertz CT molecular complexity index is 209. The quantitative estimate of drug-likeness (QED) is 0.688. The third-order valence-corrected chi connectivity index (χ3v) is 3.10. The third-order valence-electron chi connectivity index (χ3n) is 3.10. The maximum Gasteiger partial charge on any atom is 0.234 e. The van der Waals surface area contributed by atoms with Crippen LogP contribution in [0, 0.1) is 5.92 Å². The lowest BCUT2D eigenvalue weighted by Gasteiger charge is -2.24. The molecule has 1 rings (SSSR count). The molecule has 1 aliphatic rings. The monoisotopic (exact) mass is 214 g/mol. The van der Waals surface area contributed by atoms with Gasteiger partial charge >= 0.3 is 0 Å². The van der Waals surface area contributed by atoms with Gasteiger partial charge in [-0.1, -0.05) is 13.8 Å². The number of hydrogen-bond donors (Lipinski definition) is 2. The van der Waals surface area contributed by atoms with Crippen LogP contribution in [0.25, 0.3) is 0 Å². The Morgan fingerprint density at radius 2 is 2.33 bits per heavy atom. The number of likely N-dealkylation sites (tertiary alicyclic amines) is 1. The maximum absolute atomic E-state index is 11.5. The summed E-state index contributed by atoms with van der Waals surface area (Å²) in [4.78, 5) is 13.6. The molecular formula is C11H22N2O2. The van der Waals surface area contributed by atoms with Gasteiger partial charge in [-0.3, -0.25) is 9.69 Å². The molecule has 0 spiro atoms. The van der Waals surface area contributed by atoms with Crippen LogP contribution in [0.2, 0.25) is 0 Å². The van der Waals surface area contributed by atoms with E-state index in [1.165, 1.54) is 0 Å². The van der Waals surface area contributed by atoms with E-state index in [-0.39, 0.29) is 18.6 Å². The Labute approximate surface area is 91.6 Å². The summed E-state index contributed by atoms with van der Waals surface area (Å²) in [5.74, 6) is 0.568. The van der Waals surface area contributed by atoms with Crippen LogP contribution in [-0.2, 0) is 4.79 Å². The average molecular weight is 214 g/mol. The van der Waals surface area contributed by atoms with Crippen molar-refractivity contribution in [3.63, 3.8) is 0 Å². The van der Waals surface area contributed by atoms with Crippen LogP contribution in [-0.4, -0.2) is 48.2 Å². The predicted molar refractivity (Wildman–Crippen MR) is 59.5 cm³/mol. The molecule has 2 N–H and O–H groups in total. The van der Waals surface area contributed by atoms with Crippen LogP contribution in [0.4, 0.5) is 0 Å². The van der Waals surface area contributed by atoms with E-state index in [1.54, 1.807) is 0 Å². The van der Waals surface area contributed by atoms with Crippen LogP contribution in [0.15, 0.2) is 0 Å². The molecule has 1 saturated heterocycles. The minimum Gasteiger partial charge on any atom is -0.395 e.